The van der Waals surface area contributed by atoms with E-state index in [0.717, 1.165) is 22.1 Å². The van der Waals surface area contributed by atoms with Gasteiger partial charge in [-0.25, -0.2) is 4.98 Å². The van der Waals surface area contributed by atoms with E-state index < -0.39 is 0 Å². The Morgan fingerprint density at radius 1 is 1.29 bits per heavy atom. The van der Waals surface area contributed by atoms with Crippen LogP contribution in [0.15, 0.2) is 52.5 Å². The molecular formula is C18H18N2O3S. The molecule has 0 aliphatic heterocycles. The minimum atomic E-state index is -0.154. The van der Waals surface area contributed by atoms with E-state index in [-0.39, 0.29) is 11.9 Å². The van der Waals surface area contributed by atoms with Crippen molar-refractivity contribution < 1.29 is 13.9 Å². The number of nitrogens with zero attached hydrogens (tertiary/aromatic N) is 2. The van der Waals surface area contributed by atoms with E-state index in [1.807, 2.05) is 43.3 Å². The molecule has 0 radical (unpaired) electrons. The standard InChI is InChI=1S/C18H18N2O3S/c1-12(16-5-4-10-23-16)20(2)18(21)15-11-24-17(19-15)13-6-8-14(22-3)9-7-13/h4-12H,1-3H3. The lowest BCUT2D eigenvalue weighted by atomic mass is 10.2. The Morgan fingerprint density at radius 3 is 2.67 bits per heavy atom. The van der Waals surface area contributed by atoms with E-state index >= 15 is 0 Å². The van der Waals surface area contributed by atoms with Gasteiger partial charge in [0.05, 0.1) is 19.4 Å². The largest absolute Gasteiger partial charge is 0.497 e. The van der Waals surface area contributed by atoms with Crippen LogP contribution in [0.3, 0.4) is 0 Å². The number of hydrogen-bond acceptors (Lipinski definition) is 5. The molecule has 5 nitrogen and oxygen atoms in total. The molecule has 2 heterocycles. The van der Waals surface area contributed by atoms with Crippen molar-refractivity contribution in [1.82, 2.24) is 9.88 Å². The summed E-state index contributed by atoms with van der Waals surface area (Å²) in [5.74, 6) is 1.41. The molecular weight excluding hydrogens is 324 g/mol. The maximum atomic E-state index is 12.6. The number of rotatable bonds is 5. The third-order valence-electron chi connectivity index (χ3n) is 3.92. The average molecular weight is 342 g/mol. The third-order valence-corrected chi connectivity index (χ3v) is 4.81. The highest BCUT2D eigenvalue weighted by atomic mass is 32.1. The lowest BCUT2D eigenvalue weighted by Crippen LogP contribution is -2.29. The molecule has 24 heavy (non-hydrogen) atoms. The normalized spacial score (nSPS) is 12.0. The lowest BCUT2D eigenvalue weighted by Gasteiger charge is -2.22. The van der Waals surface area contributed by atoms with Crippen molar-refractivity contribution in [1.29, 1.82) is 0 Å². The average Bonchev–Trinajstić information content (AvgIpc) is 3.31. The first-order valence-corrected chi connectivity index (χ1v) is 8.38. The number of hydrogen-bond donors (Lipinski definition) is 0. The fraction of sp³-hybridized carbons (Fsp3) is 0.222. The highest BCUT2D eigenvalue weighted by molar-refractivity contribution is 7.13. The molecule has 124 valence electrons. The SMILES string of the molecule is COc1ccc(-c2nc(C(=O)N(C)C(C)c3ccco3)cs2)cc1. The van der Waals surface area contributed by atoms with Gasteiger partial charge in [0.1, 0.15) is 22.2 Å². The number of benzene rings is 1. The topological polar surface area (TPSA) is 55.6 Å². The minimum absolute atomic E-state index is 0.130. The maximum Gasteiger partial charge on any atom is 0.273 e. The molecule has 0 bridgehead atoms. The van der Waals surface area contributed by atoms with Gasteiger partial charge in [0.15, 0.2) is 0 Å². The van der Waals surface area contributed by atoms with Crippen LogP contribution in [-0.2, 0) is 0 Å². The maximum absolute atomic E-state index is 12.6. The van der Waals surface area contributed by atoms with Gasteiger partial charge in [-0.2, -0.15) is 0 Å². The summed E-state index contributed by atoms with van der Waals surface area (Å²) in [4.78, 5) is 18.7. The summed E-state index contributed by atoms with van der Waals surface area (Å²) in [5, 5.41) is 2.59. The molecule has 6 heteroatoms. The Bertz CT molecular complexity index is 809. The van der Waals surface area contributed by atoms with E-state index in [9.17, 15) is 4.79 Å². The van der Waals surface area contributed by atoms with Gasteiger partial charge >= 0.3 is 0 Å². The molecule has 0 spiro atoms. The summed E-state index contributed by atoms with van der Waals surface area (Å²) in [6, 6.07) is 11.1. The van der Waals surface area contributed by atoms with Crippen molar-refractivity contribution in [2.45, 2.75) is 13.0 Å². The summed E-state index contributed by atoms with van der Waals surface area (Å²) < 4.78 is 10.5. The number of aromatic nitrogens is 1. The molecule has 0 aliphatic carbocycles. The molecule has 0 saturated carbocycles. The van der Waals surface area contributed by atoms with Crippen molar-refractivity contribution in [3.8, 4) is 16.3 Å². The van der Waals surface area contributed by atoms with Crippen LogP contribution < -0.4 is 4.74 Å². The van der Waals surface area contributed by atoms with Crippen LogP contribution in [0.2, 0.25) is 0 Å². The van der Waals surface area contributed by atoms with Gasteiger partial charge in [-0.3, -0.25) is 4.79 Å². The van der Waals surface area contributed by atoms with E-state index in [0.29, 0.717) is 5.69 Å². The third kappa shape index (κ3) is 3.19. The molecule has 0 N–H and O–H groups in total. The van der Waals surface area contributed by atoms with Crippen LogP contribution in [-0.4, -0.2) is 29.9 Å². The van der Waals surface area contributed by atoms with Gasteiger partial charge in [0, 0.05) is 18.0 Å². The molecule has 2 aromatic heterocycles. The number of carbonyl (C=O) groups is 1. The molecule has 0 saturated heterocycles. The van der Waals surface area contributed by atoms with Crippen LogP contribution in [0, 0.1) is 0 Å². The van der Waals surface area contributed by atoms with Crippen LogP contribution in [0.4, 0.5) is 0 Å². The second kappa shape index (κ2) is 6.88. The van der Waals surface area contributed by atoms with E-state index in [1.165, 1.54) is 11.3 Å². The van der Waals surface area contributed by atoms with Gasteiger partial charge in [-0.15, -0.1) is 11.3 Å². The Kier molecular flexibility index (Phi) is 4.66. The first-order valence-electron chi connectivity index (χ1n) is 7.50. The van der Waals surface area contributed by atoms with Gasteiger partial charge in [0.2, 0.25) is 0 Å². The Morgan fingerprint density at radius 2 is 2.04 bits per heavy atom. The van der Waals surface area contributed by atoms with E-state index in [4.69, 9.17) is 9.15 Å². The van der Waals surface area contributed by atoms with E-state index in [2.05, 4.69) is 4.98 Å². The van der Waals surface area contributed by atoms with Crippen LogP contribution in [0.25, 0.3) is 10.6 Å². The molecule has 1 unspecified atom stereocenters. The zero-order chi connectivity index (χ0) is 17.1. The molecule has 3 rings (SSSR count). The Labute approximate surface area is 144 Å². The zero-order valence-corrected chi connectivity index (χ0v) is 14.5. The molecule has 1 amide bonds. The summed E-state index contributed by atoms with van der Waals surface area (Å²) in [6.45, 7) is 1.92. The number of methoxy groups -OCH3 is 1. The minimum Gasteiger partial charge on any atom is -0.497 e. The van der Waals surface area contributed by atoms with Crippen molar-refractivity contribution in [2.24, 2.45) is 0 Å². The first-order chi connectivity index (χ1) is 11.6. The monoisotopic (exact) mass is 342 g/mol. The summed E-state index contributed by atoms with van der Waals surface area (Å²) >= 11 is 1.45. The van der Waals surface area contributed by atoms with Crippen LogP contribution in [0.1, 0.15) is 29.2 Å². The molecule has 3 aromatic rings. The van der Waals surface area contributed by atoms with Gasteiger partial charge in [0.25, 0.3) is 5.91 Å². The van der Waals surface area contributed by atoms with Crippen molar-refractivity contribution >= 4 is 17.2 Å². The number of thiazole rings is 1. The predicted octanol–water partition coefficient (Wildman–Crippen LogP) is 4.24. The highest BCUT2D eigenvalue weighted by Crippen LogP contribution is 2.27. The van der Waals surface area contributed by atoms with Crippen molar-refractivity contribution in [3.05, 3.63) is 59.5 Å². The highest BCUT2D eigenvalue weighted by Gasteiger charge is 2.23. The molecule has 1 aromatic carbocycles. The molecule has 0 fully saturated rings. The Hall–Kier alpha value is -2.60. The van der Waals surface area contributed by atoms with E-state index in [1.54, 1.807) is 30.7 Å². The molecule has 0 aliphatic rings. The van der Waals surface area contributed by atoms with Gasteiger partial charge in [-0.05, 0) is 43.3 Å². The van der Waals surface area contributed by atoms with Gasteiger partial charge < -0.3 is 14.1 Å². The summed E-state index contributed by atoms with van der Waals surface area (Å²) in [6.07, 6.45) is 1.61. The lowest BCUT2D eigenvalue weighted by molar-refractivity contribution is 0.0721. The molecule has 1 atom stereocenters. The number of carbonyl (C=O) groups excluding carboxylic acids is 1. The predicted molar refractivity (Wildman–Crippen MR) is 93.3 cm³/mol. The van der Waals surface area contributed by atoms with Crippen LogP contribution >= 0.6 is 11.3 Å². The van der Waals surface area contributed by atoms with Crippen molar-refractivity contribution in [2.75, 3.05) is 14.2 Å². The fourth-order valence-corrected chi connectivity index (χ4v) is 3.11. The smallest absolute Gasteiger partial charge is 0.273 e. The Balaban J connectivity index is 1.77. The van der Waals surface area contributed by atoms with Crippen LogP contribution in [0.5, 0.6) is 5.75 Å². The fourth-order valence-electron chi connectivity index (χ4n) is 2.31. The summed E-state index contributed by atoms with van der Waals surface area (Å²) in [5.41, 5.74) is 1.40. The number of furan rings is 1. The second-order valence-electron chi connectivity index (χ2n) is 5.37. The van der Waals surface area contributed by atoms with Crippen molar-refractivity contribution in [3.63, 3.8) is 0 Å². The van der Waals surface area contributed by atoms with Gasteiger partial charge in [-0.1, -0.05) is 0 Å². The first kappa shape index (κ1) is 16.3. The number of ether oxygens (including phenoxy) is 1. The quantitative estimate of drug-likeness (QED) is 0.696. The zero-order valence-electron chi connectivity index (χ0n) is 13.7. The second-order valence-corrected chi connectivity index (χ2v) is 6.23. The number of amides is 1. The summed E-state index contributed by atoms with van der Waals surface area (Å²) in [7, 11) is 3.38.